The maximum Gasteiger partial charge on any atom is 0.123 e. The summed E-state index contributed by atoms with van der Waals surface area (Å²) in [4.78, 5) is 0. The first-order valence-electron chi connectivity index (χ1n) is 6.56. The van der Waals surface area contributed by atoms with Crippen molar-refractivity contribution in [2.45, 2.75) is 26.0 Å². The van der Waals surface area contributed by atoms with Gasteiger partial charge in [0.2, 0.25) is 0 Å². The van der Waals surface area contributed by atoms with E-state index >= 15 is 0 Å². The summed E-state index contributed by atoms with van der Waals surface area (Å²) in [6, 6.07) is 8.21. The molecule has 21 heavy (non-hydrogen) atoms. The molecule has 0 radical (unpaired) electrons. The predicted molar refractivity (Wildman–Crippen MR) is 79.5 cm³/mol. The van der Waals surface area contributed by atoms with Gasteiger partial charge in [0.15, 0.2) is 0 Å². The van der Waals surface area contributed by atoms with Gasteiger partial charge in [0.25, 0.3) is 0 Å². The lowest BCUT2D eigenvalue weighted by atomic mass is 10.1. The molecule has 0 amide bonds. The molecule has 5 heteroatoms. The molecule has 2 aromatic rings. The molecule has 2 nitrogen and oxygen atoms in total. The molecule has 0 aliphatic rings. The van der Waals surface area contributed by atoms with Crippen molar-refractivity contribution in [3.05, 3.63) is 64.2 Å². The van der Waals surface area contributed by atoms with E-state index < -0.39 is 0 Å². The van der Waals surface area contributed by atoms with E-state index in [9.17, 15) is 8.78 Å². The van der Waals surface area contributed by atoms with Gasteiger partial charge in [-0.05, 0) is 55.3 Å². The summed E-state index contributed by atoms with van der Waals surface area (Å²) in [6.07, 6.45) is 0.490. The molecule has 2 N–H and O–H groups in total. The second-order valence-electron chi connectivity index (χ2n) is 4.96. The van der Waals surface area contributed by atoms with E-state index in [-0.39, 0.29) is 24.3 Å². The fourth-order valence-electron chi connectivity index (χ4n) is 2.00. The summed E-state index contributed by atoms with van der Waals surface area (Å²) in [5, 5.41) is 0.423. The number of nitrogens with two attached hydrogens (primary N) is 1. The Balaban J connectivity index is 2.17. The quantitative estimate of drug-likeness (QED) is 0.902. The van der Waals surface area contributed by atoms with Crippen molar-refractivity contribution < 1.29 is 13.5 Å². The van der Waals surface area contributed by atoms with E-state index in [2.05, 4.69) is 0 Å². The van der Waals surface area contributed by atoms with Gasteiger partial charge in [0.1, 0.15) is 24.0 Å². The van der Waals surface area contributed by atoms with Crippen LogP contribution in [0.1, 0.15) is 18.1 Å². The molecule has 0 aliphatic carbocycles. The van der Waals surface area contributed by atoms with Crippen LogP contribution in [0.15, 0.2) is 36.4 Å². The summed E-state index contributed by atoms with van der Waals surface area (Å²) < 4.78 is 32.1. The minimum atomic E-state index is -0.382. The maximum absolute atomic E-state index is 13.3. The molecule has 0 saturated heterocycles. The van der Waals surface area contributed by atoms with Crippen LogP contribution in [-0.2, 0) is 13.0 Å². The Bertz CT molecular complexity index is 632. The van der Waals surface area contributed by atoms with Crippen LogP contribution < -0.4 is 10.5 Å². The summed E-state index contributed by atoms with van der Waals surface area (Å²) in [7, 11) is 0. The Kier molecular flexibility index (Phi) is 5.15. The molecule has 1 unspecified atom stereocenters. The highest BCUT2D eigenvalue weighted by Crippen LogP contribution is 2.24. The van der Waals surface area contributed by atoms with E-state index in [0.29, 0.717) is 28.3 Å². The van der Waals surface area contributed by atoms with Gasteiger partial charge in [0.05, 0.1) is 0 Å². The second kappa shape index (κ2) is 6.87. The molecule has 0 aromatic heterocycles. The third-order valence-corrected chi connectivity index (χ3v) is 3.32. The molecule has 0 saturated carbocycles. The lowest BCUT2D eigenvalue weighted by Gasteiger charge is -2.14. The van der Waals surface area contributed by atoms with E-state index in [1.54, 1.807) is 6.07 Å². The molecule has 0 heterocycles. The van der Waals surface area contributed by atoms with Crippen molar-refractivity contribution in [1.82, 2.24) is 0 Å². The van der Waals surface area contributed by atoms with Gasteiger partial charge in [-0.1, -0.05) is 11.6 Å². The molecular formula is C16H16ClF2NO. The topological polar surface area (TPSA) is 35.2 Å². The van der Waals surface area contributed by atoms with Crippen LogP contribution in [0.25, 0.3) is 0 Å². The van der Waals surface area contributed by atoms with Crippen LogP contribution in [0, 0.1) is 11.6 Å². The minimum Gasteiger partial charge on any atom is -0.489 e. The van der Waals surface area contributed by atoms with E-state index in [1.165, 1.54) is 30.3 Å². The largest absolute Gasteiger partial charge is 0.489 e. The maximum atomic E-state index is 13.3. The zero-order chi connectivity index (χ0) is 15.4. The number of halogens is 3. The molecule has 0 aliphatic heterocycles. The lowest BCUT2D eigenvalue weighted by Crippen LogP contribution is -2.18. The van der Waals surface area contributed by atoms with Crippen molar-refractivity contribution in [2.75, 3.05) is 0 Å². The molecule has 0 fully saturated rings. The first-order chi connectivity index (χ1) is 9.95. The van der Waals surface area contributed by atoms with Gasteiger partial charge >= 0.3 is 0 Å². The molecule has 0 spiro atoms. The van der Waals surface area contributed by atoms with Gasteiger partial charge in [-0.3, -0.25) is 0 Å². The summed E-state index contributed by atoms with van der Waals surface area (Å²) in [5.74, 6) is -0.205. The molecule has 2 rings (SSSR count). The highest BCUT2D eigenvalue weighted by Gasteiger charge is 2.10. The summed E-state index contributed by atoms with van der Waals surface area (Å²) in [6.45, 7) is 1.94. The number of benzene rings is 2. The zero-order valence-corrected chi connectivity index (χ0v) is 12.3. The second-order valence-corrected chi connectivity index (χ2v) is 5.37. The van der Waals surface area contributed by atoms with E-state index in [0.717, 1.165) is 0 Å². The van der Waals surface area contributed by atoms with E-state index in [4.69, 9.17) is 22.1 Å². The number of rotatable bonds is 5. The van der Waals surface area contributed by atoms with Crippen molar-refractivity contribution in [3.8, 4) is 5.75 Å². The van der Waals surface area contributed by atoms with Crippen LogP contribution in [0.3, 0.4) is 0 Å². The molecular weight excluding hydrogens is 296 g/mol. The fraction of sp³-hybridized carbons (Fsp3) is 0.250. The first kappa shape index (κ1) is 15.7. The summed E-state index contributed by atoms with van der Waals surface area (Å²) >= 11 is 5.99. The van der Waals surface area contributed by atoms with Crippen LogP contribution in [0.4, 0.5) is 8.78 Å². The Morgan fingerprint density at radius 1 is 1.10 bits per heavy atom. The minimum absolute atomic E-state index is 0.105. The normalized spacial score (nSPS) is 12.2. The molecule has 112 valence electrons. The van der Waals surface area contributed by atoms with Gasteiger partial charge in [-0.15, -0.1) is 0 Å². The fourth-order valence-corrected chi connectivity index (χ4v) is 2.18. The Morgan fingerprint density at radius 2 is 1.71 bits per heavy atom. The zero-order valence-electron chi connectivity index (χ0n) is 11.6. The molecule has 1 atom stereocenters. The Hall–Kier alpha value is -1.65. The number of hydrogen-bond donors (Lipinski definition) is 1. The van der Waals surface area contributed by atoms with Crippen molar-refractivity contribution >= 4 is 11.6 Å². The molecule has 0 bridgehead atoms. The average Bonchev–Trinajstić information content (AvgIpc) is 2.41. The highest BCUT2D eigenvalue weighted by atomic mass is 35.5. The van der Waals surface area contributed by atoms with E-state index in [1.807, 2.05) is 6.92 Å². The number of ether oxygens (including phenoxy) is 1. The standard InChI is InChI=1S/C16H16ClF2NO/c1-10(20)6-11-7-14(19)3-5-16(11)21-9-12-8-13(18)2-4-15(12)17/h2-5,7-8,10H,6,9,20H2,1H3. The van der Waals surface area contributed by atoms with Crippen molar-refractivity contribution in [2.24, 2.45) is 5.73 Å². The SMILES string of the molecule is CC(N)Cc1cc(F)ccc1OCc1cc(F)ccc1Cl. The summed E-state index contributed by atoms with van der Waals surface area (Å²) in [5.41, 5.74) is 6.96. The Morgan fingerprint density at radius 3 is 2.38 bits per heavy atom. The Labute approximate surface area is 127 Å². The number of hydrogen-bond acceptors (Lipinski definition) is 2. The van der Waals surface area contributed by atoms with Crippen LogP contribution >= 0.6 is 11.6 Å². The van der Waals surface area contributed by atoms with Gasteiger partial charge < -0.3 is 10.5 Å². The van der Waals surface area contributed by atoms with Crippen LogP contribution in [-0.4, -0.2) is 6.04 Å². The van der Waals surface area contributed by atoms with Gasteiger partial charge in [-0.25, -0.2) is 8.78 Å². The smallest absolute Gasteiger partial charge is 0.123 e. The first-order valence-corrected chi connectivity index (χ1v) is 6.94. The average molecular weight is 312 g/mol. The highest BCUT2D eigenvalue weighted by molar-refractivity contribution is 6.31. The molecule has 2 aromatic carbocycles. The van der Waals surface area contributed by atoms with Crippen molar-refractivity contribution in [1.29, 1.82) is 0 Å². The third kappa shape index (κ3) is 4.41. The van der Waals surface area contributed by atoms with Crippen LogP contribution in [0.5, 0.6) is 5.75 Å². The third-order valence-electron chi connectivity index (χ3n) is 2.96. The lowest BCUT2D eigenvalue weighted by molar-refractivity contribution is 0.301. The van der Waals surface area contributed by atoms with Gasteiger partial charge in [0, 0.05) is 16.6 Å². The van der Waals surface area contributed by atoms with Crippen LogP contribution in [0.2, 0.25) is 5.02 Å². The monoisotopic (exact) mass is 311 g/mol. The van der Waals surface area contributed by atoms with Crippen molar-refractivity contribution in [3.63, 3.8) is 0 Å². The predicted octanol–water partition coefficient (Wildman–Crippen LogP) is 4.09. The van der Waals surface area contributed by atoms with Gasteiger partial charge in [-0.2, -0.15) is 0 Å².